The van der Waals surface area contributed by atoms with Gasteiger partial charge in [0, 0.05) is 36.3 Å². The molecule has 0 saturated heterocycles. The van der Waals surface area contributed by atoms with E-state index in [-0.39, 0.29) is 0 Å². The largest absolute Gasteiger partial charge is 0.369 e. The number of anilines is 1. The lowest BCUT2D eigenvalue weighted by Gasteiger charge is -2.10. The molecule has 4 rings (SSSR count). The molecule has 0 spiro atoms. The molecule has 26 heavy (non-hydrogen) atoms. The molecular weight excluding hydrogens is 322 g/mol. The van der Waals surface area contributed by atoms with Crippen LogP contribution in [0.5, 0.6) is 0 Å². The van der Waals surface area contributed by atoms with Crippen molar-refractivity contribution >= 4 is 11.5 Å². The molecule has 0 aliphatic rings. The smallest absolute Gasteiger partial charge is 0.142 e. The molecule has 5 nitrogen and oxygen atoms in total. The first-order valence-electron chi connectivity index (χ1n) is 8.77. The van der Waals surface area contributed by atoms with E-state index in [1.165, 1.54) is 5.56 Å². The van der Waals surface area contributed by atoms with E-state index in [1.54, 1.807) is 6.20 Å². The van der Waals surface area contributed by atoms with Crippen LogP contribution in [0.1, 0.15) is 17.1 Å². The van der Waals surface area contributed by atoms with Crippen LogP contribution in [0.4, 0.5) is 5.82 Å². The van der Waals surface area contributed by atoms with Crippen molar-refractivity contribution in [1.29, 1.82) is 0 Å². The predicted octanol–water partition coefficient (Wildman–Crippen LogP) is 4.06. The Morgan fingerprint density at radius 2 is 1.85 bits per heavy atom. The molecule has 5 heteroatoms. The van der Waals surface area contributed by atoms with Crippen molar-refractivity contribution in [3.8, 4) is 11.3 Å². The van der Waals surface area contributed by atoms with Crippen LogP contribution in [0.2, 0.25) is 0 Å². The summed E-state index contributed by atoms with van der Waals surface area (Å²) in [6.07, 6.45) is 4.57. The maximum atomic E-state index is 4.85. The highest BCUT2D eigenvalue weighted by atomic mass is 15.2. The first kappa shape index (κ1) is 16.3. The van der Waals surface area contributed by atoms with Crippen molar-refractivity contribution < 1.29 is 0 Å². The second-order valence-corrected chi connectivity index (χ2v) is 6.35. The van der Waals surface area contributed by atoms with E-state index in [2.05, 4.69) is 44.0 Å². The van der Waals surface area contributed by atoms with Gasteiger partial charge in [-0.25, -0.2) is 9.97 Å². The summed E-state index contributed by atoms with van der Waals surface area (Å²) in [5, 5.41) is 3.58. The number of aromatic nitrogens is 4. The Balaban J connectivity index is 1.73. The van der Waals surface area contributed by atoms with Crippen LogP contribution in [0, 0.1) is 13.8 Å². The summed E-state index contributed by atoms with van der Waals surface area (Å²) in [4.78, 5) is 13.7. The second-order valence-electron chi connectivity index (χ2n) is 6.35. The molecule has 0 bridgehead atoms. The van der Waals surface area contributed by atoms with Crippen LogP contribution in [-0.4, -0.2) is 25.9 Å². The number of rotatable bonds is 5. The molecule has 4 aromatic rings. The molecule has 0 fully saturated rings. The van der Waals surface area contributed by atoms with E-state index >= 15 is 0 Å². The number of hydrogen-bond donors (Lipinski definition) is 1. The molecule has 0 aliphatic carbocycles. The monoisotopic (exact) mass is 343 g/mol. The SMILES string of the molecule is Cc1cc2nc(-c3cccnc3)c(NCCc3ccccc3)n2c(C)n1. The van der Waals surface area contributed by atoms with Crippen molar-refractivity contribution in [3.05, 3.63) is 78.0 Å². The summed E-state index contributed by atoms with van der Waals surface area (Å²) in [5.41, 5.74) is 5.07. The lowest BCUT2D eigenvalue weighted by Crippen LogP contribution is -2.09. The van der Waals surface area contributed by atoms with Crippen molar-refractivity contribution in [2.24, 2.45) is 0 Å². The molecule has 3 heterocycles. The highest BCUT2D eigenvalue weighted by Gasteiger charge is 2.16. The Bertz CT molecular complexity index is 1020. The molecule has 0 unspecified atom stereocenters. The summed E-state index contributed by atoms with van der Waals surface area (Å²) < 4.78 is 2.08. The molecular formula is C21H21N5. The third kappa shape index (κ3) is 3.16. The summed E-state index contributed by atoms with van der Waals surface area (Å²) in [7, 11) is 0. The molecule has 1 aromatic carbocycles. The zero-order valence-corrected chi connectivity index (χ0v) is 15.0. The number of imidazole rings is 1. The minimum absolute atomic E-state index is 0.818. The van der Waals surface area contributed by atoms with Crippen molar-refractivity contribution in [2.45, 2.75) is 20.3 Å². The Morgan fingerprint density at radius 1 is 1.00 bits per heavy atom. The molecule has 0 radical (unpaired) electrons. The van der Waals surface area contributed by atoms with E-state index in [9.17, 15) is 0 Å². The van der Waals surface area contributed by atoms with Crippen LogP contribution < -0.4 is 5.32 Å². The molecule has 3 aromatic heterocycles. The summed E-state index contributed by atoms with van der Waals surface area (Å²) in [5.74, 6) is 1.89. The maximum Gasteiger partial charge on any atom is 0.142 e. The lowest BCUT2D eigenvalue weighted by molar-refractivity contribution is 0.940. The van der Waals surface area contributed by atoms with Gasteiger partial charge in [0.1, 0.15) is 23.0 Å². The first-order chi connectivity index (χ1) is 12.7. The fourth-order valence-electron chi connectivity index (χ4n) is 3.22. The van der Waals surface area contributed by atoms with Crippen molar-refractivity contribution in [2.75, 3.05) is 11.9 Å². The number of pyridine rings is 1. The van der Waals surface area contributed by atoms with E-state index < -0.39 is 0 Å². The Hall–Kier alpha value is -3.21. The minimum atomic E-state index is 0.818. The highest BCUT2D eigenvalue weighted by molar-refractivity contribution is 5.76. The number of benzene rings is 1. The summed E-state index contributed by atoms with van der Waals surface area (Å²) in [6, 6.07) is 16.5. The van der Waals surface area contributed by atoms with Gasteiger partial charge in [-0.3, -0.25) is 9.38 Å². The van der Waals surface area contributed by atoms with Crippen LogP contribution in [0.25, 0.3) is 16.9 Å². The molecule has 0 amide bonds. The van der Waals surface area contributed by atoms with E-state index in [0.717, 1.165) is 47.2 Å². The van der Waals surface area contributed by atoms with Crippen molar-refractivity contribution in [1.82, 2.24) is 19.4 Å². The fourth-order valence-corrected chi connectivity index (χ4v) is 3.22. The number of nitrogens with zero attached hydrogens (tertiary/aromatic N) is 4. The van der Waals surface area contributed by atoms with Gasteiger partial charge in [0.2, 0.25) is 0 Å². The minimum Gasteiger partial charge on any atom is -0.369 e. The number of aryl methyl sites for hydroxylation is 2. The van der Waals surface area contributed by atoms with Crippen LogP contribution in [0.15, 0.2) is 60.9 Å². The topological polar surface area (TPSA) is 55.1 Å². The number of nitrogens with one attached hydrogen (secondary N) is 1. The molecule has 0 saturated carbocycles. The standard InChI is InChI=1S/C21H21N5/c1-15-13-19-25-20(18-9-6-11-22-14-18)21(26(19)16(2)24-15)23-12-10-17-7-4-3-5-8-17/h3-9,11,13-14,23H,10,12H2,1-2H3. The van der Waals surface area contributed by atoms with Gasteiger partial charge in [0.15, 0.2) is 0 Å². The van der Waals surface area contributed by atoms with Gasteiger partial charge in [0.05, 0.1) is 0 Å². The van der Waals surface area contributed by atoms with Gasteiger partial charge in [-0.05, 0) is 38.0 Å². The third-order valence-electron chi connectivity index (χ3n) is 4.39. The maximum absolute atomic E-state index is 4.85. The Morgan fingerprint density at radius 3 is 2.62 bits per heavy atom. The fraction of sp³-hybridized carbons (Fsp3) is 0.190. The Labute approximate surface area is 152 Å². The number of hydrogen-bond acceptors (Lipinski definition) is 4. The van der Waals surface area contributed by atoms with Gasteiger partial charge in [-0.15, -0.1) is 0 Å². The first-order valence-corrected chi connectivity index (χ1v) is 8.77. The highest BCUT2D eigenvalue weighted by Crippen LogP contribution is 2.29. The predicted molar refractivity (Wildman–Crippen MR) is 104 cm³/mol. The average molecular weight is 343 g/mol. The van der Waals surface area contributed by atoms with Crippen LogP contribution in [-0.2, 0) is 6.42 Å². The summed E-state index contributed by atoms with van der Waals surface area (Å²) in [6.45, 7) is 4.82. The second kappa shape index (κ2) is 6.96. The molecule has 0 atom stereocenters. The Kier molecular flexibility index (Phi) is 4.35. The van der Waals surface area contributed by atoms with E-state index in [0.29, 0.717) is 0 Å². The third-order valence-corrected chi connectivity index (χ3v) is 4.39. The summed E-state index contributed by atoms with van der Waals surface area (Å²) >= 11 is 0. The van der Waals surface area contributed by atoms with Crippen LogP contribution in [0.3, 0.4) is 0 Å². The van der Waals surface area contributed by atoms with Crippen molar-refractivity contribution in [3.63, 3.8) is 0 Å². The molecule has 0 aliphatic heterocycles. The molecule has 1 N–H and O–H groups in total. The normalized spacial score (nSPS) is 11.0. The quantitative estimate of drug-likeness (QED) is 0.594. The van der Waals surface area contributed by atoms with Gasteiger partial charge in [-0.2, -0.15) is 0 Å². The molecule has 130 valence electrons. The van der Waals surface area contributed by atoms with Gasteiger partial charge < -0.3 is 5.32 Å². The van der Waals surface area contributed by atoms with Crippen LogP contribution >= 0.6 is 0 Å². The van der Waals surface area contributed by atoms with E-state index in [4.69, 9.17) is 4.98 Å². The average Bonchev–Trinajstić information content (AvgIpc) is 3.02. The number of fused-ring (bicyclic) bond motifs is 1. The zero-order valence-electron chi connectivity index (χ0n) is 15.0. The van der Waals surface area contributed by atoms with Gasteiger partial charge in [0.25, 0.3) is 0 Å². The van der Waals surface area contributed by atoms with Gasteiger partial charge >= 0.3 is 0 Å². The lowest BCUT2D eigenvalue weighted by atomic mass is 10.1. The van der Waals surface area contributed by atoms with Gasteiger partial charge in [-0.1, -0.05) is 30.3 Å². The zero-order chi connectivity index (χ0) is 17.9. The van der Waals surface area contributed by atoms with E-state index in [1.807, 2.05) is 44.3 Å².